The fourth-order valence-corrected chi connectivity index (χ4v) is 7.60. The van der Waals surface area contributed by atoms with Gasteiger partial charge in [0.15, 0.2) is 5.71 Å². The van der Waals surface area contributed by atoms with Crippen LogP contribution >= 0.6 is 0 Å². The molecule has 11 nitrogen and oxygen atoms in total. The lowest BCUT2D eigenvalue weighted by Crippen LogP contribution is -2.28. The molecule has 0 spiro atoms. The van der Waals surface area contributed by atoms with Crippen LogP contribution in [0.3, 0.4) is 0 Å². The molecule has 2 aliphatic heterocycles. The molecule has 0 saturated carbocycles. The number of benzene rings is 2. The van der Waals surface area contributed by atoms with Gasteiger partial charge in [-0.1, -0.05) is 32.1 Å². The van der Waals surface area contributed by atoms with E-state index in [0.29, 0.717) is 25.9 Å². The van der Waals surface area contributed by atoms with Gasteiger partial charge in [-0.15, -0.1) is 0 Å². The summed E-state index contributed by atoms with van der Waals surface area (Å²) < 4.78 is 69.1. The Morgan fingerprint density at radius 3 is 2.15 bits per heavy atom. The van der Waals surface area contributed by atoms with E-state index in [1.54, 1.807) is 12.1 Å². The Morgan fingerprint density at radius 1 is 0.875 bits per heavy atom. The fraction of sp³-hybridized carbons (Fsp3) is 0.429. The van der Waals surface area contributed by atoms with E-state index in [2.05, 4.69) is 14.8 Å². The number of hydrogen-bond donors (Lipinski definition) is 4. The Bertz CT molecular complexity index is 1910. The van der Waals surface area contributed by atoms with Crippen molar-refractivity contribution in [2.75, 3.05) is 31.1 Å². The van der Waals surface area contributed by atoms with Crippen LogP contribution in [0.25, 0.3) is 0 Å². The summed E-state index contributed by atoms with van der Waals surface area (Å²) in [7, 11) is -8.73. The smallest absolute Gasteiger partial charge is 0.294 e. The van der Waals surface area contributed by atoms with Crippen LogP contribution in [0.5, 0.6) is 0 Å². The molecule has 2 aromatic rings. The molecule has 4 rings (SSSR count). The molecule has 2 heterocycles. The predicted molar refractivity (Wildman–Crippen MR) is 186 cm³/mol. The van der Waals surface area contributed by atoms with Gasteiger partial charge in [-0.05, 0) is 75.6 Å². The summed E-state index contributed by atoms with van der Waals surface area (Å²) >= 11 is 0. The molecule has 48 heavy (non-hydrogen) atoms. The molecule has 2 aliphatic rings. The highest BCUT2D eigenvalue weighted by Gasteiger charge is 2.45. The van der Waals surface area contributed by atoms with Crippen molar-refractivity contribution in [2.24, 2.45) is 0 Å². The summed E-state index contributed by atoms with van der Waals surface area (Å²) in [5, 5.41) is 11.6. The molecule has 0 atom stereocenters. The van der Waals surface area contributed by atoms with Crippen molar-refractivity contribution in [2.45, 2.75) is 80.9 Å². The average molecular weight is 701 g/mol. The first-order valence-corrected chi connectivity index (χ1v) is 18.9. The van der Waals surface area contributed by atoms with Gasteiger partial charge in [0.25, 0.3) is 20.2 Å². The van der Waals surface area contributed by atoms with Crippen LogP contribution in [0.15, 0.2) is 82.3 Å². The second-order valence-corrected chi connectivity index (χ2v) is 15.9. The first-order valence-electron chi connectivity index (χ1n) is 16.0. The Labute approximate surface area is 283 Å². The van der Waals surface area contributed by atoms with Gasteiger partial charge in [-0.2, -0.15) is 21.4 Å². The summed E-state index contributed by atoms with van der Waals surface area (Å²) in [5.41, 5.74) is 4.14. The summed E-state index contributed by atoms with van der Waals surface area (Å²) in [6, 6.07) is 9.31. The first kappa shape index (κ1) is 37.2. The molecule has 0 fully saturated rings. The molecule has 0 bridgehead atoms. The number of allylic oxidation sites excluding steroid dienone is 6. The number of hydrogen-bond acceptors (Lipinski definition) is 7. The first-order chi connectivity index (χ1) is 22.4. The number of fused-ring (bicyclic) bond motifs is 2. The third kappa shape index (κ3) is 7.81. The molecule has 0 saturated heterocycles. The Morgan fingerprint density at radius 2 is 1.52 bits per heavy atom. The number of nitrogens with one attached hydrogen (secondary N) is 1. The van der Waals surface area contributed by atoms with E-state index in [4.69, 9.17) is 5.11 Å². The topological polar surface area (TPSA) is 164 Å². The van der Waals surface area contributed by atoms with Gasteiger partial charge in [-0.3, -0.25) is 13.9 Å². The van der Waals surface area contributed by atoms with Crippen molar-refractivity contribution in [3.63, 3.8) is 0 Å². The number of carbonyl (C=O) groups excluding carboxylic acids is 1. The van der Waals surface area contributed by atoms with Gasteiger partial charge in [-0.25, -0.2) is 0 Å². The van der Waals surface area contributed by atoms with Crippen molar-refractivity contribution in [3.05, 3.63) is 83.6 Å². The number of likely N-dealkylation sites (N-methyl/N-ethyl adjacent to an activating group) is 1. The Hall–Kier alpha value is -3.62. The van der Waals surface area contributed by atoms with Crippen molar-refractivity contribution in [1.29, 1.82) is 0 Å². The number of unbranched alkanes of at least 4 members (excludes halogenated alkanes) is 2. The molecule has 0 unspecified atom stereocenters. The largest absolute Gasteiger partial charge is 0.395 e. The zero-order valence-electron chi connectivity index (χ0n) is 28.1. The number of nitrogens with zero attached hydrogens (tertiary/aromatic N) is 2. The summed E-state index contributed by atoms with van der Waals surface area (Å²) in [5.74, 6) is -0.0961. The molecule has 0 aromatic heterocycles. The maximum Gasteiger partial charge on any atom is 0.294 e. The molecule has 4 N–H and O–H groups in total. The number of aliphatic hydroxyl groups excluding tert-OH is 1. The van der Waals surface area contributed by atoms with Gasteiger partial charge in [0.05, 0.1) is 21.8 Å². The number of carbonyl (C=O) groups is 1. The summed E-state index contributed by atoms with van der Waals surface area (Å²) in [4.78, 5) is 13.7. The van der Waals surface area contributed by atoms with Crippen LogP contribution in [-0.4, -0.2) is 73.5 Å². The van der Waals surface area contributed by atoms with Crippen LogP contribution in [-0.2, 0) is 35.9 Å². The lowest BCUT2D eigenvalue weighted by molar-refractivity contribution is -0.438. The second-order valence-electron chi connectivity index (χ2n) is 13.0. The normalized spacial score (nSPS) is 17.9. The number of aliphatic hydroxyl groups is 1. The van der Waals surface area contributed by atoms with Crippen molar-refractivity contribution >= 4 is 43.2 Å². The SMILES string of the molecule is CCN1\C(=C/C=C/C=C/C2=[N+](CCCCCC(=O)NCCO)c3ccc(S(=O)(=O)O)cc3C2(C)C)C(C)(C)c2cc(S(=O)(=O)O)ccc21. The van der Waals surface area contributed by atoms with E-state index in [9.17, 15) is 30.7 Å². The maximum absolute atomic E-state index is 12.0. The minimum atomic E-state index is -4.39. The van der Waals surface area contributed by atoms with Crippen molar-refractivity contribution in [1.82, 2.24) is 5.32 Å². The van der Waals surface area contributed by atoms with Crippen LogP contribution in [0, 0.1) is 0 Å². The van der Waals surface area contributed by atoms with Gasteiger partial charge in [0.2, 0.25) is 11.6 Å². The molecule has 0 radical (unpaired) electrons. The highest BCUT2D eigenvalue weighted by atomic mass is 32.2. The second kappa shape index (κ2) is 14.5. The van der Waals surface area contributed by atoms with Gasteiger partial charge in [0.1, 0.15) is 6.54 Å². The van der Waals surface area contributed by atoms with E-state index < -0.39 is 31.1 Å². The molecule has 13 heteroatoms. The summed E-state index contributed by atoms with van der Waals surface area (Å²) in [6.07, 6.45) is 12.4. The van der Waals surface area contributed by atoms with E-state index >= 15 is 0 Å². The maximum atomic E-state index is 12.0. The Balaban J connectivity index is 1.60. The van der Waals surface area contributed by atoms with Crippen LogP contribution < -0.4 is 10.2 Å². The van der Waals surface area contributed by atoms with Gasteiger partial charge >= 0.3 is 0 Å². The minimum Gasteiger partial charge on any atom is -0.395 e. The third-order valence-corrected chi connectivity index (χ3v) is 10.8. The van der Waals surface area contributed by atoms with Crippen molar-refractivity contribution < 1.29 is 40.4 Å². The summed E-state index contributed by atoms with van der Waals surface area (Å²) in [6.45, 7) is 11.5. The van der Waals surface area contributed by atoms with E-state index in [0.717, 1.165) is 46.8 Å². The average Bonchev–Trinajstić information content (AvgIpc) is 3.36. The monoisotopic (exact) mass is 700 g/mol. The molecule has 2 aromatic carbocycles. The highest BCUT2D eigenvalue weighted by molar-refractivity contribution is 7.86. The lowest BCUT2D eigenvalue weighted by atomic mass is 9.81. The molecule has 260 valence electrons. The van der Waals surface area contributed by atoms with Gasteiger partial charge < -0.3 is 15.3 Å². The van der Waals surface area contributed by atoms with Crippen LogP contribution in [0.2, 0.25) is 0 Å². The number of rotatable bonds is 14. The van der Waals surface area contributed by atoms with E-state index in [1.807, 2.05) is 65.0 Å². The third-order valence-electron chi connectivity index (χ3n) is 9.09. The number of anilines is 1. The molecule has 1 amide bonds. The predicted octanol–water partition coefficient (Wildman–Crippen LogP) is 5.04. The van der Waals surface area contributed by atoms with Crippen LogP contribution in [0.1, 0.15) is 71.4 Å². The van der Waals surface area contributed by atoms with Crippen LogP contribution in [0.4, 0.5) is 11.4 Å². The highest BCUT2D eigenvalue weighted by Crippen LogP contribution is 2.48. The molecular formula is C35H46N3O8S2+. The quantitative estimate of drug-likeness (QED) is 0.0915. The lowest BCUT2D eigenvalue weighted by Gasteiger charge is -2.25. The fourth-order valence-electron chi connectivity index (χ4n) is 6.59. The molecule has 0 aliphatic carbocycles. The zero-order valence-corrected chi connectivity index (χ0v) is 29.7. The zero-order chi connectivity index (χ0) is 35.5. The van der Waals surface area contributed by atoms with E-state index in [1.165, 1.54) is 24.3 Å². The van der Waals surface area contributed by atoms with E-state index in [-0.39, 0.29) is 28.8 Å². The standard InChI is InChI=1S/C35H45N3O8S2/c1-6-37-29-18-16-25(47(41,42)43)23-27(29)34(2,3)31(37)13-9-7-10-14-32-35(4,5)28-24-26(48(44,45)46)17-19-30(28)38(32)21-12-8-11-15-33(40)36-20-22-39/h7,9-10,13-14,16-19,23-24,39H,6,8,11-12,15,20-22H2,1-5H3,(H2-,36,40,41,42,43,44,45,46)/p+1. The van der Waals surface area contributed by atoms with Gasteiger partial charge in [0, 0.05) is 60.4 Å². The van der Waals surface area contributed by atoms with Crippen molar-refractivity contribution in [3.8, 4) is 0 Å². The minimum absolute atomic E-state index is 0.0961. The molecular weight excluding hydrogens is 655 g/mol. The Kier molecular flexibility index (Phi) is 11.2. The number of amides is 1.